The fraction of sp³-hybridized carbons (Fsp3) is 0.667. The summed E-state index contributed by atoms with van der Waals surface area (Å²) in [4.78, 5) is 1.46. The van der Waals surface area contributed by atoms with E-state index in [4.69, 9.17) is 4.74 Å². The first-order valence-corrected chi connectivity index (χ1v) is 6.44. The molecule has 0 bridgehead atoms. The number of hydrogen-bond donors (Lipinski definition) is 1. The smallest absolute Gasteiger partial charge is 0.0646 e. The Hall–Kier alpha value is -0.380. The molecule has 2 heterocycles. The minimum atomic E-state index is 0.191. The number of hydrogen-bond acceptors (Lipinski definition) is 3. The molecular weight excluding hydrogens is 206 g/mol. The van der Waals surface area contributed by atoms with Crippen LogP contribution in [0.15, 0.2) is 17.5 Å². The van der Waals surface area contributed by atoms with Gasteiger partial charge in [-0.15, -0.1) is 11.3 Å². The summed E-state index contributed by atoms with van der Waals surface area (Å²) < 4.78 is 5.44. The fourth-order valence-electron chi connectivity index (χ4n) is 2.16. The summed E-state index contributed by atoms with van der Waals surface area (Å²) in [6, 6.07) is 4.85. The van der Waals surface area contributed by atoms with Crippen molar-refractivity contribution in [3.63, 3.8) is 0 Å². The molecule has 0 aliphatic carbocycles. The van der Waals surface area contributed by atoms with Gasteiger partial charge in [0.2, 0.25) is 0 Å². The highest BCUT2D eigenvalue weighted by atomic mass is 32.1. The first kappa shape index (κ1) is 11.1. The average molecular weight is 225 g/mol. The third-order valence-electron chi connectivity index (χ3n) is 2.90. The summed E-state index contributed by atoms with van der Waals surface area (Å²) in [5.74, 6) is 0. The summed E-state index contributed by atoms with van der Waals surface area (Å²) in [6.45, 7) is 6.26. The molecule has 84 valence electrons. The van der Waals surface area contributed by atoms with Crippen molar-refractivity contribution in [2.24, 2.45) is 0 Å². The van der Waals surface area contributed by atoms with E-state index in [1.807, 2.05) is 11.3 Å². The van der Waals surface area contributed by atoms with Gasteiger partial charge in [-0.25, -0.2) is 0 Å². The molecule has 1 aromatic rings. The zero-order valence-corrected chi connectivity index (χ0v) is 10.3. The molecule has 0 radical (unpaired) electrons. The van der Waals surface area contributed by atoms with Gasteiger partial charge in [0.05, 0.1) is 6.61 Å². The van der Waals surface area contributed by atoms with Gasteiger partial charge in [0.1, 0.15) is 0 Å². The molecule has 0 amide bonds. The van der Waals surface area contributed by atoms with Crippen molar-refractivity contribution >= 4 is 11.3 Å². The van der Waals surface area contributed by atoms with Crippen LogP contribution in [0.3, 0.4) is 0 Å². The fourth-order valence-corrected chi connectivity index (χ4v) is 2.99. The number of thiophene rings is 1. The molecule has 3 heteroatoms. The van der Waals surface area contributed by atoms with Crippen molar-refractivity contribution in [3.05, 3.63) is 22.4 Å². The molecule has 2 rings (SSSR count). The van der Waals surface area contributed by atoms with E-state index in [0.29, 0.717) is 6.04 Å². The molecule has 1 aliphatic rings. The van der Waals surface area contributed by atoms with E-state index in [1.165, 1.54) is 4.88 Å². The minimum absolute atomic E-state index is 0.191. The third kappa shape index (κ3) is 3.03. The van der Waals surface area contributed by atoms with Crippen LogP contribution in [0.2, 0.25) is 0 Å². The van der Waals surface area contributed by atoms with E-state index < -0.39 is 0 Å². The summed E-state index contributed by atoms with van der Waals surface area (Å²) in [5, 5.41) is 5.82. The normalized spacial score (nSPS) is 28.1. The van der Waals surface area contributed by atoms with Crippen molar-refractivity contribution in [3.8, 4) is 0 Å². The Labute approximate surface area is 95.6 Å². The molecule has 2 nitrogen and oxygen atoms in total. The Morgan fingerprint density at radius 3 is 3.13 bits per heavy atom. The first-order valence-electron chi connectivity index (χ1n) is 5.56. The third-order valence-corrected chi connectivity index (χ3v) is 3.80. The predicted octanol–water partition coefficient (Wildman–Crippen LogP) is 2.45. The van der Waals surface area contributed by atoms with Crippen LogP contribution >= 0.6 is 11.3 Å². The number of ether oxygens (including phenoxy) is 1. The van der Waals surface area contributed by atoms with Crippen molar-refractivity contribution in [1.82, 2.24) is 5.32 Å². The monoisotopic (exact) mass is 225 g/mol. The van der Waals surface area contributed by atoms with Crippen molar-refractivity contribution < 1.29 is 4.74 Å². The minimum Gasteiger partial charge on any atom is -0.379 e. The lowest BCUT2D eigenvalue weighted by molar-refractivity contribution is 0.167. The highest BCUT2D eigenvalue weighted by Gasteiger charge is 2.30. The predicted molar refractivity (Wildman–Crippen MR) is 64.5 cm³/mol. The molecule has 1 aromatic heterocycles. The molecule has 1 fully saturated rings. The quantitative estimate of drug-likeness (QED) is 0.850. The van der Waals surface area contributed by atoms with Crippen LogP contribution in [0.5, 0.6) is 0 Å². The van der Waals surface area contributed by atoms with Gasteiger partial charge in [0.25, 0.3) is 0 Å². The van der Waals surface area contributed by atoms with E-state index in [9.17, 15) is 0 Å². The largest absolute Gasteiger partial charge is 0.379 e. The Morgan fingerprint density at radius 2 is 2.53 bits per heavy atom. The van der Waals surface area contributed by atoms with Crippen LogP contribution in [0, 0.1) is 0 Å². The highest BCUT2D eigenvalue weighted by Crippen LogP contribution is 2.19. The van der Waals surface area contributed by atoms with Gasteiger partial charge in [0, 0.05) is 23.1 Å². The molecule has 1 N–H and O–H groups in total. The lowest BCUT2D eigenvalue weighted by Gasteiger charge is -2.28. The average Bonchev–Trinajstić information content (AvgIpc) is 2.76. The highest BCUT2D eigenvalue weighted by molar-refractivity contribution is 7.09. The van der Waals surface area contributed by atoms with Gasteiger partial charge in [-0.3, -0.25) is 0 Å². The van der Waals surface area contributed by atoms with E-state index >= 15 is 0 Å². The topological polar surface area (TPSA) is 21.3 Å². The second kappa shape index (κ2) is 4.64. The van der Waals surface area contributed by atoms with E-state index in [-0.39, 0.29) is 5.54 Å². The Morgan fingerprint density at radius 1 is 1.67 bits per heavy atom. The Bertz CT molecular complexity index is 291. The maximum Gasteiger partial charge on any atom is 0.0646 e. The van der Waals surface area contributed by atoms with Crippen LogP contribution in [-0.2, 0) is 11.2 Å². The molecule has 0 spiro atoms. The second-order valence-electron chi connectivity index (χ2n) is 4.69. The Kier molecular flexibility index (Phi) is 3.44. The van der Waals surface area contributed by atoms with Crippen LogP contribution in [0.4, 0.5) is 0 Å². The standard InChI is InChI=1S/C12H19NOS/c1-10(8-11-4-3-7-15-11)13-12(2)5-6-14-9-12/h3-4,7,10,13H,5-6,8-9H2,1-2H3. The SMILES string of the molecule is CC(Cc1cccs1)NC1(C)CCOC1. The lowest BCUT2D eigenvalue weighted by Crippen LogP contribution is -2.48. The van der Waals surface area contributed by atoms with E-state index in [0.717, 1.165) is 26.1 Å². The van der Waals surface area contributed by atoms with Gasteiger partial charge in [-0.05, 0) is 38.1 Å². The maximum absolute atomic E-state index is 5.44. The van der Waals surface area contributed by atoms with E-state index in [1.54, 1.807) is 0 Å². The number of rotatable bonds is 4. The zero-order chi connectivity index (χ0) is 10.7. The molecule has 2 atom stereocenters. The van der Waals surface area contributed by atoms with Crippen LogP contribution in [-0.4, -0.2) is 24.8 Å². The van der Waals surface area contributed by atoms with Gasteiger partial charge >= 0.3 is 0 Å². The number of nitrogens with one attached hydrogen (secondary N) is 1. The molecule has 1 saturated heterocycles. The van der Waals surface area contributed by atoms with Crippen molar-refractivity contribution in [1.29, 1.82) is 0 Å². The van der Waals surface area contributed by atoms with Gasteiger partial charge in [-0.2, -0.15) is 0 Å². The first-order chi connectivity index (χ1) is 7.18. The molecule has 1 aliphatic heterocycles. The van der Waals surface area contributed by atoms with E-state index in [2.05, 4.69) is 36.7 Å². The molecule has 15 heavy (non-hydrogen) atoms. The zero-order valence-electron chi connectivity index (χ0n) is 9.45. The lowest BCUT2D eigenvalue weighted by atomic mass is 10.00. The second-order valence-corrected chi connectivity index (χ2v) is 5.72. The summed E-state index contributed by atoms with van der Waals surface area (Å²) >= 11 is 1.84. The van der Waals surface area contributed by atoms with Gasteiger partial charge in [0.15, 0.2) is 0 Å². The van der Waals surface area contributed by atoms with Crippen LogP contribution < -0.4 is 5.32 Å². The van der Waals surface area contributed by atoms with Crippen molar-refractivity contribution in [2.75, 3.05) is 13.2 Å². The molecule has 0 aromatic carbocycles. The van der Waals surface area contributed by atoms with Gasteiger partial charge in [-0.1, -0.05) is 6.07 Å². The summed E-state index contributed by atoms with van der Waals surface area (Å²) in [7, 11) is 0. The van der Waals surface area contributed by atoms with Crippen molar-refractivity contribution in [2.45, 2.75) is 38.3 Å². The van der Waals surface area contributed by atoms with Crippen LogP contribution in [0.1, 0.15) is 25.1 Å². The summed E-state index contributed by atoms with van der Waals surface area (Å²) in [6.07, 6.45) is 2.25. The molecule has 2 unspecified atom stereocenters. The summed E-state index contributed by atoms with van der Waals surface area (Å²) in [5.41, 5.74) is 0.191. The van der Waals surface area contributed by atoms with Crippen LogP contribution in [0.25, 0.3) is 0 Å². The molecular formula is C12H19NOS. The maximum atomic E-state index is 5.44. The Balaban J connectivity index is 1.84. The molecule has 0 saturated carbocycles. The van der Waals surface area contributed by atoms with Gasteiger partial charge < -0.3 is 10.1 Å².